The van der Waals surface area contributed by atoms with E-state index in [9.17, 15) is 4.79 Å². The molecule has 1 heterocycles. The molecule has 0 radical (unpaired) electrons. The molecule has 168 valence electrons. The normalized spacial score (nSPS) is 11.1. The maximum absolute atomic E-state index is 12.0. The molecule has 1 aromatic heterocycles. The van der Waals surface area contributed by atoms with Crippen LogP contribution in [0.5, 0.6) is 11.5 Å². The van der Waals surface area contributed by atoms with Gasteiger partial charge in [0, 0.05) is 0 Å². The van der Waals surface area contributed by atoms with E-state index in [1.54, 1.807) is 13.2 Å². The Balaban J connectivity index is 1.44. The number of aromatic nitrogens is 2. The van der Waals surface area contributed by atoms with E-state index in [1.165, 1.54) is 6.21 Å². The number of amides is 1. The number of anilines is 1. The number of nitrogen functional groups attached to an aromatic ring is 1. The minimum atomic E-state index is -0.316. The first kappa shape index (κ1) is 22.7. The van der Waals surface area contributed by atoms with Crippen LogP contribution in [0.3, 0.4) is 0 Å². The molecule has 1 amide bonds. The summed E-state index contributed by atoms with van der Waals surface area (Å²) in [5.41, 5.74) is 9.78. The lowest BCUT2D eigenvalue weighted by Crippen LogP contribution is -2.19. The van der Waals surface area contributed by atoms with Crippen LogP contribution < -0.4 is 20.6 Å². The fourth-order valence-electron chi connectivity index (χ4n) is 3.22. The number of nitrogens with one attached hydrogen (secondary N) is 1. The Labute approximate surface area is 202 Å². The van der Waals surface area contributed by atoms with Crippen molar-refractivity contribution in [3.8, 4) is 11.5 Å². The van der Waals surface area contributed by atoms with Gasteiger partial charge in [-0.2, -0.15) is 5.10 Å². The molecule has 4 rings (SSSR count). The van der Waals surface area contributed by atoms with Gasteiger partial charge in [0.2, 0.25) is 11.0 Å². The van der Waals surface area contributed by atoms with Crippen molar-refractivity contribution in [3.05, 3.63) is 75.2 Å². The first-order chi connectivity index (χ1) is 16.0. The molecule has 0 unspecified atom stereocenters. The number of benzene rings is 3. The summed E-state index contributed by atoms with van der Waals surface area (Å²) < 4.78 is 12.3. The fourth-order valence-corrected chi connectivity index (χ4v) is 4.40. The van der Waals surface area contributed by atoms with Gasteiger partial charge in [0.25, 0.3) is 0 Å². The van der Waals surface area contributed by atoms with Crippen LogP contribution in [0.2, 0.25) is 0 Å². The minimum absolute atomic E-state index is 0.0557. The Kier molecular flexibility index (Phi) is 7.16. The van der Waals surface area contributed by atoms with Crippen molar-refractivity contribution in [3.63, 3.8) is 0 Å². The molecule has 3 aromatic carbocycles. The third-order valence-electron chi connectivity index (χ3n) is 4.70. The van der Waals surface area contributed by atoms with Crippen LogP contribution in [0.25, 0.3) is 10.8 Å². The van der Waals surface area contributed by atoms with Crippen LogP contribution in [0.15, 0.2) is 64.2 Å². The second-order valence-corrected chi connectivity index (χ2v) is 8.91. The Morgan fingerprint density at radius 2 is 2.03 bits per heavy atom. The molecule has 0 aliphatic rings. The number of methoxy groups -OCH3 is 1. The number of hydrogen-bond acceptors (Lipinski definition) is 8. The summed E-state index contributed by atoms with van der Waals surface area (Å²) in [6.45, 7) is 0.385. The van der Waals surface area contributed by atoms with Crippen LogP contribution in [-0.4, -0.2) is 29.4 Å². The van der Waals surface area contributed by atoms with E-state index >= 15 is 0 Å². The van der Waals surface area contributed by atoms with Crippen LogP contribution in [0.1, 0.15) is 16.1 Å². The minimum Gasteiger partial charge on any atom is -0.493 e. The number of fused-ring (bicyclic) bond motifs is 1. The molecule has 0 aliphatic carbocycles. The summed E-state index contributed by atoms with van der Waals surface area (Å²) in [4.78, 5) is 12.0. The Bertz CT molecular complexity index is 1320. The zero-order chi connectivity index (χ0) is 23.2. The largest absolute Gasteiger partial charge is 0.493 e. The molecule has 33 heavy (non-hydrogen) atoms. The lowest BCUT2D eigenvalue weighted by molar-refractivity contribution is -0.120. The number of ether oxygens (including phenoxy) is 2. The second-order valence-electron chi connectivity index (χ2n) is 6.97. The number of rotatable bonds is 8. The number of carbonyl (C=O) groups is 1. The number of carbonyl (C=O) groups excluding carboxylic acids is 1. The zero-order valence-electron chi connectivity index (χ0n) is 17.6. The molecule has 4 aromatic rings. The topological polar surface area (TPSA) is 112 Å². The highest BCUT2D eigenvalue weighted by molar-refractivity contribution is 9.10. The summed E-state index contributed by atoms with van der Waals surface area (Å²) in [5, 5.41) is 14.6. The van der Waals surface area contributed by atoms with E-state index in [1.807, 2.05) is 30.3 Å². The van der Waals surface area contributed by atoms with Crippen LogP contribution in [0, 0.1) is 0 Å². The van der Waals surface area contributed by atoms with Crippen LogP contribution >= 0.6 is 27.3 Å². The van der Waals surface area contributed by atoms with Crippen molar-refractivity contribution in [2.24, 2.45) is 5.10 Å². The molecule has 0 bridgehead atoms. The van der Waals surface area contributed by atoms with Gasteiger partial charge < -0.3 is 15.2 Å². The molecule has 0 aliphatic heterocycles. The highest BCUT2D eigenvalue weighted by atomic mass is 79.9. The molecule has 0 saturated heterocycles. The average molecular weight is 526 g/mol. The van der Waals surface area contributed by atoms with E-state index in [4.69, 9.17) is 15.2 Å². The van der Waals surface area contributed by atoms with Gasteiger partial charge in [-0.05, 0) is 50.0 Å². The lowest BCUT2D eigenvalue weighted by atomic mass is 10.1. The van der Waals surface area contributed by atoms with E-state index in [-0.39, 0.29) is 12.3 Å². The molecule has 0 saturated carbocycles. The van der Waals surface area contributed by atoms with Crippen LogP contribution in [-0.2, 0) is 17.8 Å². The van der Waals surface area contributed by atoms with Crippen molar-refractivity contribution in [1.82, 2.24) is 15.6 Å². The first-order valence-electron chi connectivity index (χ1n) is 9.90. The average Bonchev–Trinajstić information content (AvgIpc) is 3.22. The predicted octanol–water partition coefficient (Wildman–Crippen LogP) is 4.32. The van der Waals surface area contributed by atoms with E-state index in [0.717, 1.165) is 33.2 Å². The van der Waals surface area contributed by atoms with Gasteiger partial charge in [0.05, 0.1) is 24.2 Å². The van der Waals surface area contributed by atoms with Crippen molar-refractivity contribution < 1.29 is 14.3 Å². The summed E-state index contributed by atoms with van der Waals surface area (Å²) in [6, 6.07) is 17.9. The van der Waals surface area contributed by atoms with Crippen molar-refractivity contribution >= 4 is 55.3 Å². The third-order valence-corrected chi connectivity index (χ3v) is 6.04. The number of hydrogen-bond donors (Lipinski definition) is 2. The van der Waals surface area contributed by atoms with E-state index < -0.39 is 0 Å². The standard InChI is InChI=1S/C23H20BrN5O3S/c1-31-19-10-14(12-26-27-20(30)11-21-28-29-23(25)33-21)9-18(24)22(19)32-13-16-7-4-6-15-5-2-3-8-17(15)16/h2-10,12H,11,13H2,1H3,(H2,25,29)(H,27,30). The smallest absolute Gasteiger partial charge is 0.247 e. The lowest BCUT2D eigenvalue weighted by Gasteiger charge is -2.14. The number of nitrogens with zero attached hydrogens (tertiary/aromatic N) is 3. The number of hydrazone groups is 1. The molecule has 0 atom stereocenters. The molecule has 10 heteroatoms. The number of halogens is 1. The molecule has 3 N–H and O–H groups in total. The fraction of sp³-hybridized carbons (Fsp3) is 0.130. The SMILES string of the molecule is COc1cc(C=NNC(=O)Cc2nnc(N)s2)cc(Br)c1OCc1cccc2ccccc12. The van der Waals surface area contributed by atoms with Gasteiger partial charge in [0.15, 0.2) is 11.5 Å². The first-order valence-corrected chi connectivity index (χ1v) is 11.5. The highest BCUT2D eigenvalue weighted by Gasteiger charge is 2.13. The van der Waals surface area contributed by atoms with Gasteiger partial charge in [-0.1, -0.05) is 53.8 Å². The monoisotopic (exact) mass is 525 g/mol. The van der Waals surface area contributed by atoms with Crippen molar-refractivity contribution in [2.45, 2.75) is 13.0 Å². The number of nitrogens with two attached hydrogens (primary N) is 1. The molecule has 0 spiro atoms. The van der Waals surface area contributed by atoms with E-state index in [0.29, 0.717) is 32.7 Å². The van der Waals surface area contributed by atoms with Crippen molar-refractivity contribution in [1.29, 1.82) is 0 Å². The zero-order valence-corrected chi connectivity index (χ0v) is 20.0. The summed E-state index contributed by atoms with van der Waals surface area (Å²) >= 11 is 4.71. The van der Waals surface area contributed by atoms with Crippen LogP contribution in [0.4, 0.5) is 5.13 Å². The molecular formula is C23H20BrN5O3S. The predicted molar refractivity (Wildman–Crippen MR) is 133 cm³/mol. The molecule has 8 nitrogen and oxygen atoms in total. The maximum atomic E-state index is 12.0. The van der Waals surface area contributed by atoms with Crippen molar-refractivity contribution in [2.75, 3.05) is 12.8 Å². The Morgan fingerprint density at radius 3 is 2.82 bits per heavy atom. The molecule has 0 fully saturated rings. The van der Waals surface area contributed by atoms with Gasteiger partial charge in [0.1, 0.15) is 11.6 Å². The van der Waals surface area contributed by atoms with Gasteiger partial charge >= 0.3 is 0 Å². The summed E-state index contributed by atoms with van der Waals surface area (Å²) in [5.74, 6) is 0.811. The maximum Gasteiger partial charge on any atom is 0.247 e. The van der Waals surface area contributed by atoms with Gasteiger partial charge in [-0.3, -0.25) is 4.79 Å². The Hall–Kier alpha value is -3.50. The Morgan fingerprint density at radius 1 is 1.21 bits per heavy atom. The second kappa shape index (κ2) is 10.4. The highest BCUT2D eigenvalue weighted by Crippen LogP contribution is 2.37. The van der Waals surface area contributed by atoms with E-state index in [2.05, 4.69) is 54.9 Å². The van der Waals surface area contributed by atoms with Gasteiger partial charge in [-0.15, -0.1) is 10.2 Å². The third kappa shape index (κ3) is 5.65. The summed E-state index contributed by atoms with van der Waals surface area (Å²) in [7, 11) is 1.57. The quantitative estimate of drug-likeness (QED) is 0.261. The molecular weight excluding hydrogens is 506 g/mol. The summed E-state index contributed by atoms with van der Waals surface area (Å²) in [6.07, 6.45) is 1.58. The van der Waals surface area contributed by atoms with Gasteiger partial charge in [-0.25, -0.2) is 5.43 Å².